The van der Waals surface area contributed by atoms with Crippen LogP contribution in [0.5, 0.6) is 0 Å². The predicted octanol–water partition coefficient (Wildman–Crippen LogP) is 8.30. The van der Waals surface area contributed by atoms with Crippen LogP contribution in [0.2, 0.25) is 34.8 Å². The lowest BCUT2D eigenvalue weighted by Crippen LogP contribution is -2.67. The first-order valence-electron chi connectivity index (χ1n) is 12.5. The molecule has 0 N–H and O–H groups in total. The molecule has 4 bridgehead atoms. The highest BCUT2D eigenvalue weighted by Crippen LogP contribution is 2.64. The monoisotopic (exact) mass is 447 g/mol. The molecule has 0 spiro atoms. The minimum Gasteiger partial charge on any atom is -0.448 e. The predicted molar refractivity (Wildman–Crippen MR) is 140 cm³/mol. The van der Waals surface area contributed by atoms with Crippen LogP contribution in [0.15, 0.2) is 0 Å². The van der Waals surface area contributed by atoms with Crippen LogP contribution < -0.4 is 0 Å². The van der Waals surface area contributed by atoms with E-state index in [2.05, 4.69) is 86.7 Å². The molecular weight excluding hydrogens is 397 g/mol. The molecule has 0 unspecified atom stereocenters. The van der Waals surface area contributed by atoms with Crippen molar-refractivity contribution in [3.05, 3.63) is 0 Å². The SMILES string of the molecule is CC(C)(C)[Si](C)(C)[Si-]=C(C12CC3CC(CC(C3)C1)C2)[Si](C)(C(C)(C)C)C(C)(C)C. The molecule has 4 aliphatic carbocycles. The average molecular weight is 448 g/mol. The van der Waals surface area contributed by atoms with Crippen LogP contribution in [0.25, 0.3) is 0 Å². The smallest absolute Gasteiger partial charge is 0.0491 e. The lowest BCUT2D eigenvalue weighted by Gasteiger charge is -2.69. The second-order valence-corrected chi connectivity index (χ2v) is 31.4. The number of rotatable bonds is 3. The average Bonchev–Trinajstić information content (AvgIpc) is 2.47. The third-order valence-electron chi connectivity index (χ3n) is 10.4. The summed E-state index contributed by atoms with van der Waals surface area (Å²) in [6, 6.07) is 0. The van der Waals surface area contributed by atoms with Gasteiger partial charge < -0.3 is 8.65 Å². The highest BCUT2D eigenvalue weighted by molar-refractivity contribution is 7.36. The van der Waals surface area contributed by atoms with Crippen molar-refractivity contribution in [2.75, 3.05) is 0 Å². The number of hydrogen-bond donors (Lipinski definition) is 0. The van der Waals surface area contributed by atoms with Crippen LogP contribution in [-0.4, -0.2) is 29.1 Å². The maximum atomic E-state index is 2.83. The van der Waals surface area contributed by atoms with E-state index in [0.29, 0.717) is 20.5 Å². The Bertz CT molecular complexity index is 614. The van der Waals surface area contributed by atoms with Gasteiger partial charge >= 0.3 is 0 Å². The van der Waals surface area contributed by atoms with Crippen LogP contribution in [0, 0.1) is 23.2 Å². The van der Waals surface area contributed by atoms with Crippen molar-refractivity contribution in [3.63, 3.8) is 0 Å². The summed E-state index contributed by atoms with van der Waals surface area (Å²) in [6.07, 6.45) is 9.39. The lowest BCUT2D eigenvalue weighted by atomic mass is 9.50. The third kappa shape index (κ3) is 3.92. The Kier molecular flexibility index (Phi) is 5.84. The molecule has 0 nitrogen and oxygen atoms in total. The second-order valence-electron chi connectivity index (χ2n) is 15.2. The van der Waals surface area contributed by atoms with E-state index in [4.69, 9.17) is 0 Å². The van der Waals surface area contributed by atoms with Gasteiger partial charge in [-0.05, 0) is 71.8 Å². The fourth-order valence-electron chi connectivity index (χ4n) is 7.58. The summed E-state index contributed by atoms with van der Waals surface area (Å²) in [5.41, 5.74) is 0.615. The van der Waals surface area contributed by atoms with Gasteiger partial charge in [-0.1, -0.05) is 87.0 Å². The van der Waals surface area contributed by atoms with Crippen LogP contribution in [0.1, 0.15) is 101 Å². The Balaban J connectivity index is 2.26. The highest BCUT2D eigenvalue weighted by Gasteiger charge is 2.57. The van der Waals surface area contributed by atoms with Crippen LogP contribution in [0.4, 0.5) is 0 Å². The van der Waals surface area contributed by atoms with Crippen molar-refractivity contribution < 1.29 is 0 Å². The third-order valence-corrected chi connectivity index (χ3v) is 30.6. The molecule has 4 aliphatic rings. The van der Waals surface area contributed by atoms with Crippen molar-refractivity contribution in [1.29, 1.82) is 0 Å². The van der Waals surface area contributed by atoms with E-state index >= 15 is 0 Å². The summed E-state index contributed by atoms with van der Waals surface area (Å²) < 4.78 is 0. The van der Waals surface area contributed by atoms with E-state index in [1.54, 1.807) is 38.5 Å². The van der Waals surface area contributed by atoms with E-state index in [1.165, 1.54) is 0 Å². The highest BCUT2D eigenvalue weighted by atomic mass is 29.2. The van der Waals surface area contributed by atoms with Crippen molar-refractivity contribution in [1.82, 2.24) is 0 Å². The molecule has 3 heteroatoms. The Morgan fingerprint density at radius 2 is 1.00 bits per heavy atom. The van der Waals surface area contributed by atoms with E-state index in [9.17, 15) is 0 Å². The van der Waals surface area contributed by atoms with E-state index < -0.39 is 15.7 Å². The maximum Gasteiger partial charge on any atom is 0.0491 e. The molecular formula is C26H51Si3-. The quantitative estimate of drug-likeness (QED) is 0.381. The molecule has 0 amide bonds. The molecule has 4 fully saturated rings. The second kappa shape index (κ2) is 7.01. The van der Waals surface area contributed by atoms with Crippen molar-refractivity contribution >= 4 is 29.1 Å². The molecule has 4 rings (SSSR count). The molecule has 0 aromatic rings. The molecule has 168 valence electrons. The standard InChI is InChI=1S/C26H51Si3/c1-23(2,3)28(10,11)27-22(29(12,24(4,5)6)25(7,8)9)26-16-19-13-20(17-26)15-21(14-19)18-26/h19-21H,13-18H2,1-12H3/q-1. The van der Waals surface area contributed by atoms with Gasteiger partial charge in [-0.15, -0.1) is 7.59 Å². The molecule has 4 saturated carbocycles. The van der Waals surface area contributed by atoms with Crippen LogP contribution >= 0.6 is 0 Å². The Labute approximate surface area is 187 Å². The van der Waals surface area contributed by atoms with Gasteiger partial charge in [-0.3, -0.25) is 4.79 Å². The largest absolute Gasteiger partial charge is 0.448 e. The zero-order valence-corrected chi connectivity index (χ0v) is 25.0. The van der Waals surface area contributed by atoms with Gasteiger partial charge in [0.25, 0.3) is 0 Å². The molecule has 0 aromatic carbocycles. The fraction of sp³-hybridized carbons (Fsp3) is 0.962. The van der Waals surface area contributed by atoms with Gasteiger partial charge in [0.15, 0.2) is 0 Å². The van der Waals surface area contributed by atoms with Gasteiger partial charge in [-0.2, -0.15) is 0 Å². The molecule has 0 radical (unpaired) electrons. The van der Waals surface area contributed by atoms with Gasteiger partial charge in [0.2, 0.25) is 0 Å². The summed E-state index contributed by atoms with van der Waals surface area (Å²) in [6.45, 7) is 31.6. The van der Waals surface area contributed by atoms with E-state index in [1.807, 2.05) is 0 Å². The molecule has 0 atom stereocenters. The first-order chi connectivity index (χ1) is 12.8. The van der Waals surface area contributed by atoms with Gasteiger partial charge in [0.1, 0.15) is 0 Å². The molecule has 0 aliphatic heterocycles. The molecule has 0 aromatic heterocycles. The van der Waals surface area contributed by atoms with Gasteiger partial charge in [-0.25, -0.2) is 0 Å². The Morgan fingerprint density at radius 3 is 1.28 bits per heavy atom. The minimum atomic E-state index is -1.69. The van der Waals surface area contributed by atoms with E-state index in [-0.39, 0.29) is 0 Å². The topological polar surface area (TPSA) is 0 Å². The fourth-order valence-corrected chi connectivity index (χ4v) is 26.4. The van der Waals surface area contributed by atoms with Crippen molar-refractivity contribution in [2.45, 2.75) is 136 Å². The van der Waals surface area contributed by atoms with Crippen LogP contribution in [-0.2, 0) is 0 Å². The Hall–Kier alpha value is 0.521. The minimum absolute atomic E-state index is 0.430. The zero-order valence-electron chi connectivity index (χ0n) is 22.0. The van der Waals surface area contributed by atoms with E-state index in [0.717, 1.165) is 26.4 Å². The number of hydrogen-bond acceptors (Lipinski definition) is 0. The first kappa shape index (κ1) is 24.2. The molecule has 0 heterocycles. The first-order valence-corrected chi connectivity index (χ1v) is 20.0. The zero-order chi connectivity index (χ0) is 22.3. The summed E-state index contributed by atoms with van der Waals surface area (Å²) in [5.74, 6) is 3.16. The van der Waals surface area contributed by atoms with Gasteiger partial charge in [0.05, 0.1) is 0 Å². The Morgan fingerprint density at radius 1 is 0.655 bits per heavy atom. The van der Waals surface area contributed by atoms with Crippen molar-refractivity contribution in [2.24, 2.45) is 23.2 Å². The molecule has 0 saturated heterocycles. The normalized spacial score (nSPS) is 34.1. The maximum absolute atomic E-state index is 2.83. The lowest BCUT2D eigenvalue weighted by molar-refractivity contribution is -0.0103. The van der Waals surface area contributed by atoms with Gasteiger partial charge in [0, 0.05) is 8.07 Å². The molecule has 29 heavy (non-hydrogen) atoms. The van der Waals surface area contributed by atoms with Crippen LogP contribution in [0.3, 0.4) is 0 Å². The summed E-state index contributed by atoms with van der Waals surface area (Å²) in [5, 5.41) is 1.35. The van der Waals surface area contributed by atoms with Crippen molar-refractivity contribution in [3.8, 4) is 0 Å². The summed E-state index contributed by atoms with van der Waals surface area (Å²) >= 11 is 0. The summed E-state index contributed by atoms with van der Waals surface area (Å²) in [4.78, 5) is 2.20. The summed E-state index contributed by atoms with van der Waals surface area (Å²) in [7, 11) is -1.89.